The fraction of sp³-hybridized carbons (Fsp3) is 0.643. The van der Waals surface area contributed by atoms with Gasteiger partial charge < -0.3 is 15.0 Å². The molecule has 0 saturated carbocycles. The van der Waals surface area contributed by atoms with Crippen LogP contribution in [-0.2, 0) is 11.2 Å². The molecule has 108 valence electrons. The van der Waals surface area contributed by atoms with Gasteiger partial charge in [-0.1, -0.05) is 6.07 Å². The molecule has 0 fully saturated rings. The molecule has 0 spiro atoms. The monoisotopic (exact) mass is 284 g/mol. The maximum atomic E-state index is 12.1. The van der Waals surface area contributed by atoms with E-state index in [0.717, 1.165) is 13.0 Å². The van der Waals surface area contributed by atoms with Gasteiger partial charge in [0, 0.05) is 24.9 Å². The van der Waals surface area contributed by atoms with E-state index in [-0.39, 0.29) is 12.1 Å². The van der Waals surface area contributed by atoms with Gasteiger partial charge in [-0.15, -0.1) is 11.3 Å². The highest BCUT2D eigenvalue weighted by molar-refractivity contribution is 7.09. The van der Waals surface area contributed by atoms with E-state index < -0.39 is 5.60 Å². The predicted molar refractivity (Wildman–Crippen MR) is 79.7 cm³/mol. The standard InChI is InChI=1S/C14H24N2O2S/c1-14(2,3)18-13(17)16(5)11(10-15-4)9-12-7-6-8-19-12/h6-8,11,15H,9-10H2,1-5H3. The van der Waals surface area contributed by atoms with Crippen LogP contribution >= 0.6 is 11.3 Å². The average Bonchev–Trinajstić information content (AvgIpc) is 2.78. The number of nitrogens with one attached hydrogen (secondary N) is 1. The van der Waals surface area contributed by atoms with Crippen molar-refractivity contribution in [2.45, 2.75) is 38.8 Å². The van der Waals surface area contributed by atoms with Crippen LogP contribution in [0.5, 0.6) is 0 Å². The fourth-order valence-corrected chi connectivity index (χ4v) is 2.50. The molecule has 1 aromatic heterocycles. The van der Waals surface area contributed by atoms with Crippen molar-refractivity contribution in [2.75, 3.05) is 20.6 Å². The van der Waals surface area contributed by atoms with E-state index in [2.05, 4.69) is 16.8 Å². The van der Waals surface area contributed by atoms with Gasteiger partial charge in [-0.3, -0.25) is 0 Å². The van der Waals surface area contributed by atoms with Crippen molar-refractivity contribution < 1.29 is 9.53 Å². The first-order chi connectivity index (χ1) is 8.83. The summed E-state index contributed by atoms with van der Waals surface area (Å²) in [5.74, 6) is 0. The van der Waals surface area contributed by atoms with Gasteiger partial charge >= 0.3 is 6.09 Å². The Morgan fingerprint density at radius 1 is 1.53 bits per heavy atom. The Hall–Kier alpha value is -1.07. The smallest absolute Gasteiger partial charge is 0.410 e. The number of hydrogen-bond donors (Lipinski definition) is 1. The van der Waals surface area contributed by atoms with Crippen LogP contribution in [-0.4, -0.2) is 43.3 Å². The molecule has 1 atom stereocenters. The van der Waals surface area contributed by atoms with E-state index in [9.17, 15) is 4.79 Å². The van der Waals surface area contributed by atoms with Gasteiger partial charge in [-0.25, -0.2) is 4.79 Å². The minimum atomic E-state index is -0.460. The molecule has 5 heteroatoms. The second kappa shape index (κ2) is 6.91. The molecular formula is C14H24N2O2S. The Morgan fingerprint density at radius 2 is 2.21 bits per heavy atom. The number of rotatable bonds is 5. The second-order valence-corrected chi connectivity index (χ2v) is 6.62. The molecule has 0 bridgehead atoms. The van der Waals surface area contributed by atoms with Crippen LogP contribution in [0.25, 0.3) is 0 Å². The van der Waals surface area contributed by atoms with Gasteiger partial charge in [-0.05, 0) is 39.3 Å². The number of nitrogens with zero attached hydrogens (tertiary/aromatic N) is 1. The maximum Gasteiger partial charge on any atom is 0.410 e. The lowest BCUT2D eigenvalue weighted by Gasteiger charge is -2.30. The molecule has 0 aliphatic heterocycles. The van der Waals surface area contributed by atoms with Gasteiger partial charge in [0.05, 0.1) is 6.04 Å². The van der Waals surface area contributed by atoms with Gasteiger partial charge in [-0.2, -0.15) is 0 Å². The molecule has 0 aliphatic rings. The third-order valence-electron chi connectivity index (χ3n) is 2.69. The molecule has 1 amide bonds. The lowest BCUT2D eigenvalue weighted by atomic mass is 10.1. The highest BCUT2D eigenvalue weighted by atomic mass is 32.1. The molecule has 19 heavy (non-hydrogen) atoms. The van der Waals surface area contributed by atoms with E-state index in [1.54, 1.807) is 23.3 Å². The zero-order chi connectivity index (χ0) is 14.5. The van der Waals surface area contributed by atoms with Crippen LogP contribution in [0.2, 0.25) is 0 Å². The highest BCUT2D eigenvalue weighted by Gasteiger charge is 2.25. The van der Waals surface area contributed by atoms with Gasteiger partial charge in [0.1, 0.15) is 5.60 Å². The number of carbonyl (C=O) groups excluding carboxylic acids is 1. The first-order valence-electron chi connectivity index (χ1n) is 6.46. The topological polar surface area (TPSA) is 41.6 Å². The van der Waals surface area contributed by atoms with Crippen molar-refractivity contribution in [3.8, 4) is 0 Å². The quantitative estimate of drug-likeness (QED) is 0.904. The SMILES string of the molecule is CNCC(Cc1cccs1)N(C)C(=O)OC(C)(C)C. The number of ether oxygens (including phenoxy) is 1. The molecular weight excluding hydrogens is 260 g/mol. The summed E-state index contributed by atoms with van der Waals surface area (Å²) < 4.78 is 5.41. The summed E-state index contributed by atoms with van der Waals surface area (Å²) >= 11 is 1.71. The van der Waals surface area contributed by atoms with Crippen LogP contribution in [0.1, 0.15) is 25.6 Å². The van der Waals surface area contributed by atoms with Gasteiger partial charge in [0.25, 0.3) is 0 Å². The highest BCUT2D eigenvalue weighted by Crippen LogP contribution is 2.16. The van der Waals surface area contributed by atoms with E-state index in [0.29, 0.717) is 0 Å². The molecule has 1 heterocycles. The van der Waals surface area contributed by atoms with E-state index in [1.165, 1.54) is 4.88 Å². The van der Waals surface area contributed by atoms with Crippen LogP contribution < -0.4 is 5.32 Å². The van der Waals surface area contributed by atoms with Gasteiger partial charge in [0.2, 0.25) is 0 Å². The summed E-state index contributed by atoms with van der Waals surface area (Å²) in [7, 11) is 3.69. The molecule has 1 rings (SSSR count). The molecule has 0 radical (unpaired) electrons. The fourth-order valence-electron chi connectivity index (χ4n) is 1.73. The van der Waals surface area contributed by atoms with Crippen molar-refractivity contribution in [1.82, 2.24) is 10.2 Å². The van der Waals surface area contributed by atoms with Crippen molar-refractivity contribution in [1.29, 1.82) is 0 Å². The molecule has 0 saturated heterocycles. The van der Waals surface area contributed by atoms with Crippen LogP contribution in [0, 0.1) is 0 Å². The third kappa shape index (κ3) is 5.61. The van der Waals surface area contributed by atoms with Crippen LogP contribution in [0.4, 0.5) is 4.79 Å². The molecule has 0 aromatic carbocycles. The molecule has 1 unspecified atom stereocenters. The van der Waals surface area contributed by atoms with Crippen LogP contribution in [0.15, 0.2) is 17.5 Å². The number of amides is 1. The summed E-state index contributed by atoms with van der Waals surface area (Å²) in [6.45, 7) is 6.38. The largest absolute Gasteiger partial charge is 0.444 e. The number of thiophene rings is 1. The lowest BCUT2D eigenvalue weighted by Crippen LogP contribution is -2.46. The number of carbonyl (C=O) groups is 1. The number of hydrogen-bond acceptors (Lipinski definition) is 4. The molecule has 0 aliphatic carbocycles. The summed E-state index contributed by atoms with van der Waals surface area (Å²) in [5, 5.41) is 5.19. The van der Waals surface area contributed by atoms with Crippen LogP contribution in [0.3, 0.4) is 0 Å². The van der Waals surface area contributed by atoms with Crippen molar-refractivity contribution in [2.24, 2.45) is 0 Å². The Morgan fingerprint density at radius 3 is 2.68 bits per heavy atom. The minimum Gasteiger partial charge on any atom is -0.444 e. The average molecular weight is 284 g/mol. The first kappa shape index (κ1) is 16.0. The Labute approximate surface area is 119 Å². The third-order valence-corrected chi connectivity index (χ3v) is 3.58. The zero-order valence-electron chi connectivity index (χ0n) is 12.4. The van der Waals surface area contributed by atoms with E-state index in [4.69, 9.17) is 4.74 Å². The lowest BCUT2D eigenvalue weighted by molar-refractivity contribution is 0.0224. The molecule has 1 aromatic rings. The Kier molecular flexibility index (Phi) is 5.82. The maximum absolute atomic E-state index is 12.1. The summed E-state index contributed by atoms with van der Waals surface area (Å²) in [5.41, 5.74) is -0.460. The van der Waals surface area contributed by atoms with Crippen molar-refractivity contribution in [3.05, 3.63) is 22.4 Å². The zero-order valence-corrected chi connectivity index (χ0v) is 13.2. The summed E-state index contributed by atoms with van der Waals surface area (Å²) in [6.07, 6.45) is 0.568. The first-order valence-corrected chi connectivity index (χ1v) is 7.34. The van der Waals surface area contributed by atoms with Gasteiger partial charge in [0.15, 0.2) is 0 Å². The Balaban J connectivity index is 2.66. The molecule has 4 nitrogen and oxygen atoms in total. The normalized spacial score (nSPS) is 13.1. The predicted octanol–water partition coefficient (Wildman–Crippen LogP) is 2.75. The van der Waals surface area contributed by atoms with Crippen molar-refractivity contribution in [3.63, 3.8) is 0 Å². The minimum absolute atomic E-state index is 0.0958. The Bertz CT molecular complexity index is 385. The summed E-state index contributed by atoms with van der Waals surface area (Å²) in [6, 6.07) is 4.22. The second-order valence-electron chi connectivity index (χ2n) is 5.59. The van der Waals surface area contributed by atoms with E-state index >= 15 is 0 Å². The number of likely N-dealkylation sites (N-methyl/N-ethyl adjacent to an activating group) is 2. The summed E-state index contributed by atoms with van der Waals surface area (Å²) in [4.78, 5) is 15.0. The van der Waals surface area contributed by atoms with E-state index in [1.807, 2.05) is 33.9 Å². The van der Waals surface area contributed by atoms with Crippen molar-refractivity contribution >= 4 is 17.4 Å². The molecule has 1 N–H and O–H groups in total.